The first kappa shape index (κ1) is 12.4. The highest BCUT2D eigenvalue weighted by atomic mass is 16.3. The van der Waals surface area contributed by atoms with E-state index in [1.807, 2.05) is 30.5 Å². The Labute approximate surface area is 133 Å². The van der Waals surface area contributed by atoms with Gasteiger partial charge in [-0.2, -0.15) is 0 Å². The molecule has 0 atom stereocenters. The number of benzene rings is 3. The molecule has 2 heteroatoms. The Morgan fingerprint density at radius 2 is 1.43 bits per heavy atom. The number of nitrogens with zero attached hydrogens (tertiary/aromatic N) is 1. The maximum Gasteiger partial charge on any atom is 0.161 e. The van der Waals surface area contributed by atoms with Crippen LogP contribution in [-0.2, 0) is 0 Å². The van der Waals surface area contributed by atoms with E-state index in [1.54, 1.807) is 0 Å². The van der Waals surface area contributed by atoms with Crippen LogP contribution in [-0.4, -0.2) is 4.98 Å². The van der Waals surface area contributed by atoms with E-state index in [-0.39, 0.29) is 0 Å². The minimum absolute atomic E-state index is 0.852. The first-order chi connectivity index (χ1) is 11.4. The molecule has 0 unspecified atom stereocenters. The van der Waals surface area contributed by atoms with Crippen LogP contribution in [0.15, 0.2) is 83.4 Å². The molecule has 0 saturated carbocycles. The molecular formula is C21H13NO. The highest BCUT2D eigenvalue weighted by Crippen LogP contribution is 2.36. The van der Waals surface area contributed by atoms with Crippen molar-refractivity contribution < 1.29 is 4.42 Å². The molecule has 5 rings (SSSR count). The number of hydrogen-bond acceptors (Lipinski definition) is 2. The average Bonchev–Trinajstić information content (AvgIpc) is 3.00. The predicted octanol–water partition coefficient (Wildman–Crippen LogP) is 5.80. The van der Waals surface area contributed by atoms with E-state index >= 15 is 0 Å². The van der Waals surface area contributed by atoms with Crippen molar-refractivity contribution in [3.8, 4) is 11.3 Å². The molecule has 108 valence electrons. The summed E-state index contributed by atoms with van der Waals surface area (Å²) in [7, 11) is 0. The number of furan rings is 1. The molecule has 0 aliphatic rings. The van der Waals surface area contributed by atoms with Gasteiger partial charge in [-0.05, 0) is 22.9 Å². The van der Waals surface area contributed by atoms with Crippen molar-refractivity contribution >= 4 is 32.7 Å². The largest absolute Gasteiger partial charge is 0.454 e. The Bertz CT molecular complexity index is 1160. The third-order valence-electron chi connectivity index (χ3n) is 4.34. The lowest BCUT2D eigenvalue weighted by atomic mass is 10.0. The normalized spacial score (nSPS) is 11.5. The summed E-state index contributed by atoms with van der Waals surface area (Å²) in [6, 6.07) is 24.8. The van der Waals surface area contributed by atoms with Crippen LogP contribution in [0, 0.1) is 0 Å². The first-order valence-electron chi connectivity index (χ1n) is 7.66. The van der Waals surface area contributed by atoms with Crippen molar-refractivity contribution in [1.82, 2.24) is 4.98 Å². The quantitative estimate of drug-likeness (QED) is 0.390. The second-order valence-corrected chi connectivity index (χ2v) is 5.66. The van der Waals surface area contributed by atoms with E-state index in [0.717, 1.165) is 33.2 Å². The minimum Gasteiger partial charge on any atom is -0.454 e. The van der Waals surface area contributed by atoms with Crippen LogP contribution in [0.3, 0.4) is 0 Å². The Balaban J connectivity index is 1.93. The van der Waals surface area contributed by atoms with Gasteiger partial charge in [0.25, 0.3) is 0 Å². The zero-order valence-electron chi connectivity index (χ0n) is 12.4. The fourth-order valence-electron chi connectivity index (χ4n) is 3.28. The van der Waals surface area contributed by atoms with Gasteiger partial charge in [0.2, 0.25) is 0 Å². The second-order valence-electron chi connectivity index (χ2n) is 5.66. The average molecular weight is 295 g/mol. The highest BCUT2D eigenvalue weighted by molar-refractivity contribution is 6.11. The van der Waals surface area contributed by atoms with Crippen molar-refractivity contribution in [3.05, 3.63) is 79.0 Å². The van der Waals surface area contributed by atoms with Crippen molar-refractivity contribution in [3.63, 3.8) is 0 Å². The van der Waals surface area contributed by atoms with Crippen LogP contribution in [0.4, 0.5) is 0 Å². The number of hydrogen-bond donors (Lipinski definition) is 0. The van der Waals surface area contributed by atoms with Gasteiger partial charge in [-0.15, -0.1) is 0 Å². The SMILES string of the molecule is c1ccc2c(-c3nccc4c3oc3ccccc34)cccc2c1. The Morgan fingerprint density at radius 3 is 2.39 bits per heavy atom. The number of pyridine rings is 1. The molecule has 0 N–H and O–H groups in total. The summed E-state index contributed by atoms with van der Waals surface area (Å²) < 4.78 is 6.12. The number of aromatic nitrogens is 1. The fourth-order valence-corrected chi connectivity index (χ4v) is 3.28. The summed E-state index contributed by atoms with van der Waals surface area (Å²) in [5.74, 6) is 0. The van der Waals surface area contributed by atoms with E-state index < -0.39 is 0 Å². The number of fused-ring (bicyclic) bond motifs is 4. The minimum atomic E-state index is 0.852. The van der Waals surface area contributed by atoms with Gasteiger partial charge in [-0.25, -0.2) is 0 Å². The van der Waals surface area contributed by atoms with E-state index in [0.29, 0.717) is 0 Å². The van der Waals surface area contributed by atoms with Crippen LogP contribution < -0.4 is 0 Å². The molecule has 2 aromatic heterocycles. The van der Waals surface area contributed by atoms with Crippen molar-refractivity contribution in [2.75, 3.05) is 0 Å². The van der Waals surface area contributed by atoms with Crippen LogP contribution in [0.25, 0.3) is 44.0 Å². The van der Waals surface area contributed by atoms with Crippen molar-refractivity contribution in [2.24, 2.45) is 0 Å². The molecule has 5 aromatic rings. The summed E-state index contributed by atoms with van der Waals surface area (Å²) in [5, 5.41) is 4.64. The van der Waals surface area contributed by atoms with Gasteiger partial charge >= 0.3 is 0 Å². The smallest absolute Gasteiger partial charge is 0.161 e. The molecule has 2 heterocycles. The first-order valence-corrected chi connectivity index (χ1v) is 7.66. The highest BCUT2D eigenvalue weighted by Gasteiger charge is 2.14. The Morgan fingerprint density at radius 1 is 0.652 bits per heavy atom. The topological polar surface area (TPSA) is 26.0 Å². The molecule has 0 spiro atoms. The maximum absolute atomic E-state index is 6.12. The van der Waals surface area contributed by atoms with Gasteiger partial charge in [0.15, 0.2) is 5.58 Å². The maximum atomic E-state index is 6.12. The van der Waals surface area contributed by atoms with Crippen LogP contribution >= 0.6 is 0 Å². The molecule has 0 aliphatic heterocycles. The Hall–Kier alpha value is -3.13. The third kappa shape index (κ3) is 1.78. The number of rotatable bonds is 1. The lowest BCUT2D eigenvalue weighted by Gasteiger charge is -2.06. The van der Waals surface area contributed by atoms with Crippen LogP contribution in [0.1, 0.15) is 0 Å². The molecule has 0 bridgehead atoms. The van der Waals surface area contributed by atoms with E-state index in [1.165, 1.54) is 10.8 Å². The van der Waals surface area contributed by atoms with Crippen LogP contribution in [0.2, 0.25) is 0 Å². The van der Waals surface area contributed by atoms with Gasteiger partial charge in [-0.1, -0.05) is 60.7 Å². The Kier molecular flexibility index (Phi) is 2.53. The van der Waals surface area contributed by atoms with Crippen molar-refractivity contribution in [1.29, 1.82) is 0 Å². The summed E-state index contributed by atoms with van der Waals surface area (Å²) in [6.07, 6.45) is 1.86. The molecule has 0 aliphatic carbocycles. The lowest BCUT2D eigenvalue weighted by molar-refractivity contribution is 0.668. The van der Waals surface area contributed by atoms with E-state index in [9.17, 15) is 0 Å². The van der Waals surface area contributed by atoms with Gasteiger partial charge in [-0.3, -0.25) is 4.98 Å². The van der Waals surface area contributed by atoms with Crippen LogP contribution in [0.5, 0.6) is 0 Å². The monoisotopic (exact) mass is 295 g/mol. The molecule has 0 radical (unpaired) electrons. The summed E-state index contributed by atoms with van der Waals surface area (Å²) in [4.78, 5) is 4.63. The van der Waals surface area contributed by atoms with Gasteiger partial charge in [0, 0.05) is 22.5 Å². The molecular weight excluding hydrogens is 282 g/mol. The van der Waals surface area contributed by atoms with E-state index in [4.69, 9.17) is 4.42 Å². The lowest BCUT2D eigenvalue weighted by Crippen LogP contribution is -1.85. The van der Waals surface area contributed by atoms with Gasteiger partial charge < -0.3 is 4.42 Å². The predicted molar refractivity (Wildman–Crippen MR) is 94.5 cm³/mol. The molecule has 23 heavy (non-hydrogen) atoms. The standard InChI is InChI=1S/C21H13NO/c1-2-8-15-14(6-1)7-5-10-17(15)20-21-18(12-13-22-20)16-9-3-4-11-19(16)23-21/h1-13H. The van der Waals surface area contributed by atoms with Gasteiger partial charge in [0.05, 0.1) is 0 Å². The number of para-hydroxylation sites is 1. The molecule has 3 aromatic carbocycles. The fraction of sp³-hybridized carbons (Fsp3) is 0. The molecule has 0 fully saturated rings. The zero-order chi connectivity index (χ0) is 15.2. The molecule has 2 nitrogen and oxygen atoms in total. The summed E-state index contributed by atoms with van der Waals surface area (Å²) in [5.41, 5.74) is 3.75. The molecule has 0 saturated heterocycles. The third-order valence-corrected chi connectivity index (χ3v) is 4.34. The summed E-state index contributed by atoms with van der Waals surface area (Å²) >= 11 is 0. The molecule has 0 amide bonds. The van der Waals surface area contributed by atoms with E-state index in [2.05, 4.69) is 53.5 Å². The second kappa shape index (κ2) is 4.68. The van der Waals surface area contributed by atoms with Crippen molar-refractivity contribution in [2.45, 2.75) is 0 Å². The van der Waals surface area contributed by atoms with Gasteiger partial charge in [0.1, 0.15) is 11.3 Å². The zero-order valence-corrected chi connectivity index (χ0v) is 12.4. The summed E-state index contributed by atoms with van der Waals surface area (Å²) in [6.45, 7) is 0.